The Morgan fingerprint density at radius 3 is 2.41 bits per heavy atom. The second-order valence-corrected chi connectivity index (χ2v) is 10.8. The van der Waals surface area contributed by atoms with E-state index in [4.69, 9.17) is 10.2 Å². The van der Waals surface area contributed by atoms with Gasteiger partial charge >= 0.3 is 0 Å². The summed E-state index contributed by atoms with van der Waals surface area (Å²) in [6, 6.07) is 11.9. The van der Waals surface area contributed by atoms with Crippen LogP contribution in [0.2, 0.25) is 0 Å². The third-order valence-electron chi connectivity index (χ3n) is 7.04. The number of hydrogen-bond acceptors (Lipinski definition) is 9. The minimum atomic E-state index is -0.979. The van der Waals surface area contributed by atoms with Gasteiger partial charge in [0.2, 0.25) is 17.6 Å². The van der Waals surface area contributed by atoms with Gasteiger partial charge in [0.15, 0.2) is 0 Å². The van der Waals surface area contributed by atoms with E-state index in [9.17, 15) is 14.4 Å². The van der Waals surface area contributed by atoms with Crippen LogP contribution in [-0.2, 0) is 23.2 Å². The van der Waals surface area contributed by atoms with Gasteiger partial charge in [0.25, 0.3) is 11.4 Å². The predicted octanol–water partition coefficient (Wildman–Crippen LogP) is 3.49. The maximum Gasteiger partial charge on any atom is 0.286 e. The van der Waals surface area contributed by atoms with Gasteiger partial charge in [-0.05, 0) is 44.7 Å². The third kappa shape index (κ3) is 6.08. The van der Waals surface area contributed by atoms with Gasteiger partial charge in [-0.15, -0.1) is 10.2 Å². The average Bonchev–Trinajstić information content (AvgIpc) is 3.47. The number of carbonyl (C=O) groups is 2. The van der Waals surface area contributed by atoms with Gasteiger partial charge in [-0.25, -0.2) is 4.98 Å². The molecule has 41 heavy (non-hydrogen) atoms. The smallest absolute Gasteiger partial charge is 0.286 e. The Bertz CT molecular complexity index is 1610. The first-order chi connectivity index (χ1) is 19.4. The number of nitrogens with one attached hydrogen (secondary N) is 1. The Balaban J connectivity index is 1.57. The third-order valence-corrected chi connectivity index (χ3v) is 7.04. The minimum Gasteiger partial charge on any atom is -0.417 e. The second kappa shape index (κ2) is 11.8. The Morgan fingerprint density at radius 2 is 1.80 bits per heavy atom. The molecule has 0 unspecified atom stereocenters. The van der Waals surface area contributed by atoms with Crippen LogP contribution in [0.15, 0.2) is 57.9 Å². The molecule has 3 heterocycles. The summed E-state index contributed by atoms with van der Waals surface area (Å²) >= 11 is 0. The lowest BCUT2D eigenvalue weighted by Gasteiger charge is -2.21. The zero-order valence-electron chi connectivity index (χ0n) is 24.1. The van der Waals surface area contributed by atoms with Gasteiger partial charge in [0, 0.05) is 11.8 Å². The Labute approximate surface area is 238 Å². The molecule has 4 aromatic rings. The number of pyridine rings is 1. The fraction of sp³-hybridized carbons (Fsp3) is 0.367. The van der Waals surface area contributed by atoms with Crippen LogP contribution >= 0.6 is 0 Å². The Morgan fingerprint density at radius 1 is 1.10 bits per heavy atom. The molecule has 3 aromatic heterocycles. The summed E-state index contributed by atoms with van der Waals surface area (Å²) in [5.41, 5.74) is 7.46. The van der Waals surface area contributed by atoms with E-state index in [1.807, 2.05) is 32.0 Å². The number of Topliss-reactive ketones (excluding diaryl/α,β-unsaturated/α-hetero) is 1. The van der Waals surface area contributed by atoms with E-state index in [2.05, 4.69) is 32.4 Å². The Kier molecular flexibility index (Phi) is 8.46. The maximum absolute atomic E-state index is 13.5. The lowest BCUT2D eigenvalue weighted by molar-refractivity contribution is -0.122. The predicted molar refractivity (Wildman–Crippen MR) is 154 cm³/mol. The van der Waals surface area contributed by atoms with Gasteiger partial charge in [-0.1, -0.05) is 57.2 Å². The van der Waals surface area contributed by atoms with Crippen molar-refractivity contribution in [3.8, 4) is 11.4 Å². The van der Waals surface area contributed by atoms with E-state index in [-0.39, 0.29) is 23.4 Å². The summed E-state index contributed by atoms with van der Waals surface area (Å²) in [7, 11) is 0. The molecule has 0 radical (unpaired) electrons. The van der Waals surface area contributed by atoms with Crippen LogP contribution < -0.4 is 16.6 Å². The number of carbonyl (C=O) groups excluding carboxylic acids is 2. The second-order valence-electron chi connectivity index (χ2n) is 10.8. The van der Waals surface area contributed by atoms with Crippen molar-refractivity contribution in [2.24, 2.45) is 5.92 Å². The number of amides is 1. The molecule has 0 aliphatic rings. The van der Waals surface area contributed by atoms with Crippen molar-refractivity contribution in [2.45, 2.75) is 66.0 Å². The first kappa shape index (κ1) is 29.3. The number of aryl methyl sites for hydroxylation is 2. The molecule has 0 aliphatic heterocycles. The first-order valence-electron chi connectivity index (χ1n) is 13.5. The number of ketones is 1. The highest BCUT2D eigenvalue weighted by Gasteiger charge is 2.35. The highest BCUT2D eigenvalue weighted by atomic mass is 16.4. The highest BCUT2D eigenvalue weighted by Crippen LogP contribution is 2.29. The fourth-order valence-corrected chi connectivity index (χ4v) is 4.35. The zero-order valence-corrected chi connectivity index (χ0v) is 24.1. The number of hydrogen-bond donors (Lipinski definition) is 2. The molecule has 0 aliphatic carbocycles. The fourth-order valence-electron chi connectivity index (χ4n) is 4.35. The van der Waals surface area contributed by atoms with Crippen LogP contribution in [0.4, 0.5) is 5.69 Å². The maximum atomic E-state index is 13.5. The van der Waals surface area contributed by atoms with E-state index >= 15 is 0 Å². The number of rotatable bonds is 10. The molecule has 1 amide bonds. The van der Waals surface area contributed by atoms with Crippen LogP contribution in [0.1, 0.15) is 68.1 Å². The number of anilines is 1. The molecule has 4 rings (SSSR count). The molecule has 0 bridgehead atoms. The highest BCUT2D eigenvalue weighted by molar-refractivity contribution is 5.98. The number of benzene rings is 1. The molecule has 0 spiro atoms. The van der Waals surface area contributed by atoms with E-state index < -0.39 is 35.3 Å². The largest absolute Gasteiger partial charge is 0.417 e. The van der Waals surface area contributed by atoms with Crippen molar-refractivity contribution in [1.82, 2.24) is 30.0 Å². The van der Waals surface area contributed by atoms with Crippen LogP contribution in [0.3, 0.4) is 0 Å². The molecule has 11 heteroatoms. The quantitative estimate of drug-likeness (QED) is 0.278. The number of nitrogens with two attached hydrogens (primary N) is 1. The van der Waals surface area contributed by atoms with Crippen LogP contribution in [0.5, 0.6) is 0 Å². The summed E-state index contributed by atoms with van der Waals surface area (Å²) in [6.07, 6.45) is 2.67. The van der Waals surface area contributed by atoms with E-state index in [1.165, 1.54) is 4.57 Å². The molecular weight excluding hydrogens is 522 g/mol. The molecular formula is C30H35N7O4. The summed E-state index contributed by atoms with van der Waals surface area (Å²) in [6.45, 7) is 10.6. The van der Waals surface area contributed by atoms with Crippen LogP contribution in [0, 0.1) is 12.8 Å². The summed E-state index contributed by atoms with van der Waals surface area (Å²) in [5, 5.41) is 10.9. The van der Waals surface area contributed by atoms with E-state index in [0.717, 1.165) is 17.7 Å². The Hall–Kier alpha value is -4.67. The summed E-state index contributed by atoms with van der Waals surface area (Å²) < 4.78 is 7.04. The lowest BCUT2D eigenvalue weighted by Crippen LogP contribution is -2.46. The minimum absolute atomic E-state index is 0.0474. The number of nitrogen functional groups attached to an aromatic ring is 1. The summed E-state index contributed by atoms with van der Waals surface area (Å²) in [5.74, 6) is -1.11. The monoisotopic (exact) mass is 557 g/mol. The molecule has 1 aromatic carbocycles. The molecule has 3 N–H and O–H groups in total. The first-order valence-corrected chi connectivity index (χ1v) is 13.5. The molecule has 11 nitrogen and oxygen atoms in total. The standard InChI is InChI=1S/C30H35N7O4/c1-7-19-13-14-21(32-15-19)30(5,6)29-36-35-27(41-29)25(39)24(17(2)3)34-22(38)16-37-26(20-11-9-8-10-12-20)33-18(4)23(31)28(37)40/h8-15,17,24H,7,16,31H2,1-6H3,(H,34,38)/t24-/m0/s1. The zero-order chi connectivity index (χ0) is 29.9. The van der Waals surface area contributed by atoms with Gasteiger partial charge < -0.3 is 15.5 Å². The van der Waals surface area contributed by atoms with Crippen LogP contribution in [0.25, 0.3) is 11.4 Å². The molecule has 0 fully saturated rings. The van der Waals surface area contributed by atoms with Crippen molar-refractivity contribution in [3.05, 3.63) is 87.7 Å². The van der Waals surface area contributed by atoms with Gasteiger partial charge in [0.1, 0.15) is 18.1 Å². The van der Waals surface area contributed by atoms with Crippen LogP contribution in [-0.4, -0.2) is 42.5 Å². The van der Waals surface area contributed by atoms with Crippen molar-refractivity contribution in [1.29, 1.82) is 0 Å². The molecule has 1 atom stereocenters. The summed E-state index contributed by atoms with van der Waals surface area (Å²) in [4.78, 5) is 48.7. The lowest BCUT2D eigenvalue weighted by atomic mass is 9.88. The van der Waals surface area contributed by atoms with Crippen molar-refractivity contribution >= 4 is 17.4 Å². The van der Waals surface area contributed by atoms with Crippen molar-refractivity contribution in [2.75, 3.05) is 5.73 Å². The van der Waals surface area contributed by atoms with Crippen molar-refractivity contribution in [3.63, 3.8) is 0 Å². The molecule has 0 saturated carbocycles. The average molecular weight is 558 g/mol. The topological polar surface area (TPSA) is 159 Å². The normalized spacial score (nSPS) is 12.4. The van der Waals surface area contributed by atoms with E-state index in [1.54, 1.807) is 51.2 Å². The molecule has 214 valence electrons. The van der Waals surface area contributed by atoms with Crippen molar-refractivity contribution < 1.29 is 14.0 Å². The SMILES string of the molecule is CCc1ccc(C(C)(C)c2nnc(C(=O)[C@@H](NC(=O)Cn3c(-c4ccccc4)nc(C)c(N)c3=O)C(C)C)o2)nc1. The van der Waals surface area contributed by atoms with Gasteiger partial charge in [-0.2, -0.15) is 0 Å². The van der Waals surface area contributed by atoms with Gasteiger partial charge in [0.05, 0.1) is 22.8 Å². The number of nitrogens with zero attached hydrogens (tertiary/aromatic N) is 5. The number of aromatic nitrogens is 5. The van der Waals surface area contributed by atoms with E-state index in [0.29, 0.717) is 17.1 Å². The van der Waals surface area contributed by atoms with Gasteiger partial charge in [-0.3, -0.25) is 23.9 Å². The molecule has 0 saturated heterocycles.